The molecule has 0 aliphatic carbocycles. The molecule has 5 aromatic rings. The minimum absolute atomic E-state index is 0.0545. The topological polar surface area (TPSA) is 61.9 Å². The first-order chi connectivity index (χ1) is 15.6. The molecule has 0 amide bonds. The fourth-order valence-corrected chi connectivity index (χ4v) is 3.68. The smallest absolute Gasteiger partial charge is 0.250 e. The molecule has 0 atom stereocenters. The highest BCUT2D eigenvalue weighted by Crippen LogP contribution is 2.29. The van der Waals surface area contributed by atoms with Crippen LogP contribution in [0.25, 0.3) is 33.3 Å². The predicted octanol–water partition coefficient (Wildman–Crippen LogP) is 4.58. The second kappa shape index (κ2) is 8.15. The largest absolute Gasteiger partial charge is 0.471 e. The van der Waals surface area contributed by atoms with Gasteiger partial charge in [-0.15, -0.1) is 5.10 Å². The van der Waals surface area contributed by atoms with E-state index in [2.05, 4.69) is 29.4 Å². The van der Waals surface area contributed by atoms with Crippen LogP contribution < -0.4 is 10.3 Å². The molecule has 0 N–H and O–H groups in total. The van der Waals surface area contributed by atoms with Crippen molar-refractivity contribution in [1.29, 1.82) is 0 Å². The Kier molecular flexibility index (Phi) is 5.03. The van der Waals surface area contributed by atoms with E-state index in [0.29, 0.717) is 12.5 Å². The lowest BCUT2D eigenvalue weighted by molar-refractivity contribution is 0.292. The summed E-state index contributed by atoms with van der Waals surface area (Å²) in [5.74, 6) is 0.534. The van der Waals surface area contributed by atoms with Gasteiger partial charge < -0.3 is 9.30 Å². The van der Waals surface area contributed by atoms with E-state index in [9.17, 15) is 4.79 Å². The third-order valence-corrected chi connectivity index (χ3v) is 5.42. The summed E-state index contributed by atoms with van der Waals surface area (Å²) in [6, 6.07) is 23.8. The van der Waals surface area contributed by atoms with Gasteiger partial charge in [0.2, 0.25) is 11.4 Å². The summed E-state index contributed by atoms with van der Waals surface area (Å²) in [4.78, 5) is 16.5. The van der Waals surface area contributed by atoms with Gasteiger partial charge in [0.1, 0.15) is 6.61 Å². The molecule has 3 heterocycles. The average molecular weight is 422 g/mol. The highest BCUT2D eigenvalue weighted by atomic mass is 16.5. The van der Waals surface area contributed by atoms with Crippen LogP contribution in [0.15, 0.2) is 90.0 Å². The van der Waals surface area contributed by atoms with E-state index >= 15 is 0 Å². The fourth-order valence-electron chi connectivity index (χ4n) is 3.68. The molecule has 0 fully saturated rings. The summed E-state index contributed by atoms with van der Waals surface area (Å²) in [5, 5.41) is 5.58. The minimum Gasteiger partial charge on any atom is -0.471 e. The quantitative estimate of drug-likeness (QED) is 0.416. The lowest BCUT2D eigenvalue weighted by atomic mass is 10.1. The summed E-state index contributed by atoms with van der Waals surface area (Å²) in [6.45, 7) is 0.390. The SMILES string of the molecule is Cn1cc(-c2ccc(=O)n(C)c2)c(OCc2ccc(-c3ccc4ccccc4n3)cc2)n1. The molecule has 0 aliphatic rings. The summed E-state index contributed by atoms with van der Waals surface area (Å²) in [6.07, 6.45) is 3.68. The number of hydrogen-bond acceptors (Lipinski definition) is 4. The molecule has 3 aromatic heterocycles. The Morgan fingerprint density at radius 3 is 2.44 bits per heavy atom. The zero-order valence-electron chi connectivity index (χ0n) is 17.9. The molecule has 6 heteroatoms. The Morgan fingerprint density at radius 1 is 0.844 bits per heavy atom. The van der Waals surface area contributed by atoms with Crippen molar-refractivity contribution in [3.63, 3.8) is 0 Å². The molecule has 0 saturated heterocycles. The minimum atomic E-state index is -0.0545. The number of rotatable bonds is 5. The number of ether oxygens (including phenoxy) is 1. The van der Waals surface area contributed by atoms with Crippen LogP contribution in [-0.2, 0) is 20.7 Å². The van der Waals surface area contributed by atoms with Crippen molar-refractivity contribution < 1.29 is 4.74 Å². The summed E-state index contributed by atoms with van der Waals surface area (Å²) in [5.41, 5.74) is 5.69. The van der Waals surface area contributed by atoms with Gasteiger partial charge >= 0.3 is 0 Å². The molecule has 0 spiro atoms. The van der Waals surface area contributed by atoms with E-state index in [0.717, 1.165) is 38.9 Å². The fraction of sp³-hybridized carbons (Fsp3) is 0.115. The van der Waals surface area contributed by atoms with E-state index in [-0.39, 0.29) is 5.56 Å². The van der Waals surface area contributed by atoms with Crippen molar-refractivity contribution in [3.8, 4) is 28.3 Å². The zero-order valence-corrected chi connectivity index (χ0v) is 17.9. The average Bonchev–Trinajstić information content (AvgIpc) is 3.20. The Morgan fingerprint density at radius 2 is 1.62 bits per heavy atom. The Balaban J connectivity index is 1.34. The zero-order chi connectivity index (χ0) is 22.1. The number of para-hydroxylation sites is 1. The van der Waals surface area contributed by atoms with Gasteiger partial charge in [0, 0.05) is 49.1 Å². The van der Waals surface area contributed by atoms with Gasteiger partial charge in [0.25, 0.3) is 0 Å². The molecule has 0 unspecified atom stereocenters. The van der Waals surface area contributed by atoms with Gasteiger partial charge in [0.15, 0.2) is 0 Å². The first-order valence-corrected chi connectivity index (χ1v) is 10.4. The number of pyridine rings is 2. The van der Waals surface area contributed by atoms with Crippen LogP contribution in [0.2, 0.25) is 0 Å². The van der Waals surface area contributed by atoms with E-state index in [1.165, 1.54) is 0 Å². The highest BCUT2D eigenvalue weighted by Gasteiger charge is 2.13. The molecule has 0 radical (unpaired) electrons. The van der Waals surface area contributed by atoms with Crippen molar-refractivity contribution in [2.45, 2.75) is 6.61 Å². The Bertz CT molecular complexity index is 1470. The van der Waals surface area contributed by atoms with Crippen molar-refractivity contribution in [3.05, 3.63) is 101 Å². The summed E-state index contributed by atoms with van der Waals surface area (Å²) in [7, 11) is 3.58. The molecule has 5 rings (SSSR count). The van der Waals surface area contributed by atoms with Crippen LogP contribution in [0.5, 0.6) is 5.88 Å². The molecule has 6 nitrogen and oxygen atoms in total. The maximum Gasteiger partial charge on any atom is 0.250 e. The predicted molar refractivity (Wildman–Crippen MR) is 125 cm³/mol. The molecule has 32 heavy (non-hydrogen) atoms. The molecular weight excluding hydrogens is 400 g/mol. The third kappa shape index (κ3) is 3.90. The van der Waals surface area contributed by atoms with Gasteiger partial charge in [-0.05, 0) is 23.8 Å². The Labute approximate surface area is 185 Å². The van der Waals surface area contributed by atoms with E-state index in [4.69, 9.17) is 9.72 Å². The maximum atomic E-state index is 11.7. The van der Waals surface area contributed by atoms with Crippen LogP contribution in [-0.4, -0.2) is 19.3 Å². The van der Waals surface area contributed by atoms with E-state index < -0.39 is 0 Å². The number of benzene rings is 2. The van der Waals surface area contributed by atoms with Crippen LogP contribution in [0.3, 0.4) is 0 Å². The number of fused-ring (bicyclic) bond motifs is 1. The summed E-state index contributed by atoms with van der Waals surface area (Å²) < 4.78 is 9.30. The number of aryl methyl sites for hydroxylation is 2. The van der Waals surface area contributed by atoms with Gasteiger partial charge in [-0.2, -0.15) is 0 Å². The first-order valence-electron chi connectivity index (χ1n) is 10.4. The monoisotopic (exact) mass is 422 g/mol. The second-order valence-electron chi connectivity index (χ2n) is 7.76. The third-order valence-electron chi connectivity index (χ3n) is 5.42. The van der Waals surface area contributed by atoms with E-state index in [1.54, 1.807) is 34.6 Å². The van der Waals surface area contributed by atoms with Gasteiger partial charge in [-0.3, -0.25) is 9.48 Å². The number of nitrogens with zero attached hydrogens (tertiary/aromatic N) is 4. The van der Waals surface area contributed by atoms with Crippen molar-refractivity contribution >= 4 is 10.9 Å². The standard InChI is InChI=1S/C26H22N4O2/c1-29-15-21(12-14-25(29)31)22-16-30(2)28-26(22)32-17-18-7-9-20(10-8-18)24-13-11-19-5-3-4-6-23(19)27-24/h3-16H,17H2,1-2H3. The Hall–Kier alpha value is -4.19. The van der Waals surface area contributed by atoms with Gasteiger partial charge in [0.05, 0.1) is 16.8 Å². The van der Waals surface area contributed by atoms with Crippen LogP contribution >= 0.6 is 0 Å². The highest BCUT2D eigenvalue weighted by molar-refractivity contribution is 5.81. The molecule has 0 saturated carbocycles. The van der Waals surface area contributed by atoms with Gasteiger partial charge in [-0.25, -0.2) is 4.98 Å². The van der Waals surface area contributed by atoms with Crippen molar-refractivity contribution in [1.82, 2.24) is 19.3 Å². The normalized spacial score (nSPS) is 11.1. The second-order valence-corrected chi connectivity index (χ2v) is 7.76. The lowest BCUT2D eigenvalue weighted by Crippen LogP contribution is -2.13. The molecule has 2 aromatic carbocycles. The lowest BCUT2D eigenvalue weighted by Gasteiger charge is -2.08. The molecule has 158 valence electrons. The van der Waals surface area contributed by atoms with Crippen LogP contribution in [0.4, 0.5) is 0 Å². The van der Waals surface area contributed by atoms with Crippen LogP contribution in [0, 0.1) is 0 Å². The summed E-state index contributed by atoms with van der Waals surface area (Å²) >= 11 is 0. The molecule has 0 aliphatic heterocycles. The number of hydrogen-bond donors (Lipinski definition) is 0. The van der Waals surface area contributed by atoms with Crippen LogP contribution in [0.1, 0.15) is 5.56 Å². The molecule has 0 bridgehead atoms. The van der Waals surface area contributed by atoms with Crippen molar-refractivity contribution in [2.75, 3.05) is 0 Å². The first kappa shape index (κ1) is 19.8. The number of aromatic nitrogens is 4. The van der Waals surface area contributed by atoms with Gasteiger partial charge in [-0.1, -0.05) is 48.5 Å². The molecular formula is C26H22N4O2. The van der Waals surface area contributed by atoms with Crippen molar-refractivity contribution in [2.24, 2.45) is 14.1 Å². The van der Waals surface area contributed by atoms with E-state index in [1.807, 2.05) is 49.6 Å². The maximum absolute atomic E-state index is 11.7.